The Morgan fingerprint density at radius 3 is 2.82 bits per heavy atom. The molecule has 2 heteroatoms. The van der Waals surface area contributed by atoms with Crippen LogP contribution in [0.25, 0.3) is 0 Å². The van der Waals surface area contributed by atoms with Gasteiger partial charge in [0, 0.05) is 12.3 Å². The first-order valence-corrected chi connectivity index (χ1v) is 4.26. The number of hydrogen-bond donors (Lipinski definition) is 0. The van der Waals surface area contributed by atoms with Gasteiger partial charge in [-0.15, -0.1) is 0 Å². The van der Waals surface area contributed by atoms with Crippen LogP contribution >= 0.6 is 0 Å². The van der Waals surface area contributed by atoms with Gasteiger partial charge >= 0.3 is 0 Å². The lowest BCUT2D eigenvalue weighted by atomic mass is 10.2. The number of aromatic nitrogens is 1. The Labute approximate surface area is 66.6 Å². The number of fused-ring (bicyclic) bond motifs is 1. The number of nitrogens with zero attached hydrogens (tertiary/aromatic N) is 1. The lowest BCUT2D eigenvalue weighted by molar-refractivity contribution is 0.437. The maximum Gasteiger partial charge on any atom is 0.197 e. The van der Waals surface area contributed by atoms with E-state index in [4.69, 9.17) is 4.42 Å². The lowest BCUT2D eigenvalue weighted by Crippen LogP contribution is -1.88. The van der Waals surface area contributed by atoms with Crippen LogP contribution in [0, 0.1) is 0 Å². The van der Waals surface area contributed by atoms with Crippen molar-refractivity contribution in [2.75, 3.05) is 0 Å². The average molecular weight is 151 g/mol. The standard InChI is InChI=1S/C9H13NO/c1-6(2)9-10-7-4-3-5-8(7)11-9/h6H,3-5H2,1-2H3. The predicted molar refractivity (Wildman–Crippen MR) is 42.6 cm³/mol. The minimum Gasteiger partial charge on any atom is -0.445 e. The lowest BCUT2D eigenvalue weighted by Gasteiger charge is -1.95. The second kappa shape index (κ2) is 2.36. The van der Waals surface area contributed by atoms with Crippen LogP contribution in [0.3, 0.4) is 0 Å². The van der Waals surface area contributed by atoms with E-state index in [1.165, 1.54) is 12.1 Å². The van der Waals surface area contributed by atoms with Gasteiger partial charge in [-0.25, -0.2) is 4.98 Å². The van der Waals surface area contributed by atoms with E-state index in [-0.39, 0.29) is 0 Å². The van der Waals surface area contributed by atoms with E-state index in [1.807, 2.05) is 0 Å². The summed E-state index contributed by atoms with van der Waals surface area (Å²) in [4.78, 5) is 4.42. The monoisotopic (exact) mass is 151 g/mol. The summed E-state index contributed by atoms with van der Waals surface area (Å²) < 4.78 is 5.58. The van der Waals surface area contributed by atoms with Gasteiger partial charge in [-0.2, -0.15) is 0 Å². The summed E-state index contributed by atoms with van der Waals surface area (Å²) in [5.41, 5.74) is 1.20. The maximum absolute atomic E-state index is 5.58. The molecule has 0 aliphatic heterocycles. The zero-order valence-corrected chi connectivity index (χ0v) is 7.05. The molecule has 0 saturated carbocycles. The molecule has 2 rings (SSSR count). The molecule has 11 heavy (non-hydrogen) atoms. The highest BCUT2D eigenvalue weighted by Gasteiger charge is 2.19. The Morgan fingerprint density at radius 2 is 2.18 bits per heavy atom. The van der Waals surface area contributed by atoms with Gasteiger partial charge in [0.25, 0.3) is 0 Å². The Morgan fingerprint density at radius 1 is 1.36 bits per heavy atom. The fourth-order valence-corrected chi connectivity index (χ4v) is 1.46. The first kappa shape index (κ1) is 6.89. The molecule has 1 aromatic rings. The average Bonchev–Trinajstić information content (AvgIpc) is 2.40. The molecule has 0 spiro atoms. The Kier molecular flexibility index (Phi) is 1.48. The fraction of sp³-hybridized carbons (Fsp3) is 0.667. The zero-order chi connectivity index (χ0) is 7.84. The highest BCUT2D eigenvalue weighted by Crippen LogP contribution is 2.25. The van der Waals surface area contributed by atoms with Gasteiger partial charge in [-0.3, -0.25) is 0 Å². The molecular weight excluding hydrogens is 138 g/mol. The van der Waals surface area contributed by atoms with Gasteiger partial charge < -0.3 is 4.42 Å². The highest BCUT2D eigenvalue weighted by molar-refractivity contribution is 5.16. The molecule has 0 radical (unpaired) electrons. The Bertz CT molecular complexity index is 241. The van der Waals surface area contributed by atoms with E-state index in [0.717, 1.165) is 24.5 Å². The number of aryl methyl sites for hydroxylation is 2. The van der Waals surface area contributed by atoms with E-state index in [9.17, 15) is 0 Å². The smallest absolute Gasteiger partial charge is 0.197 e. The second-order valence-electron chi connectivity index (χ2n) is 3.43. The molecule has 0 saturated heterocycles. The number of oxazole rings is 1. The van der Waals surface area contributed by atoms with Gasteiger partial charge in [-0.1, -0.05) is 13.8 Å². The maximum atomic E-state index is 5.58. The Hall–Kier alpha value is -0.790. The quantitative estimate of drug-likeness (QED) is 0.615. The molecule has 0 atom stereocenters. The normalized spacial score (nSPS) is 15.9. The molecular formula is C9H13NO. The van der Waals surface area contributed by atoms with Crippen molar-refractivity contribution < 1.29 is 4.42 Å². The molecule has 1 heterocycles. The summed E-state index contributed by atoms with van der Waals surface area (Å²) in [6.07, 6.45) is 3.43. The highest BCUT2D eigenvalue weighted by atomic mass is 16.4. The zero-order valence-electron chi connectivity index (χ0n) is 7.05. The molecule has 1 aliphatic carbocycles. The van der Waals surface area contributed by atoms with Crippen LogP contribution in [0.15, 0.2) is 4.42 Å². The van der Waals surface area contributed by atoms with Crippen LogP contribution in [0.2, 0.25) is 0 Å². The molecule has 2 nitrogen and oxygen atoms in total. The minimum atomic E-state index is 0.431. The predicted octanol–water partition coefficient (Wildman–Crippen LogP) is 2.29. The van der Waals surface area contributed by atoms with Crippen molar-refractivity contribution >= 4 is 0 Å². The topological polar surface area (TPSA) is 26.0 Å². The van der Waals surface area contributed by atoms with Crippen molar-refractivity contribution in [3.63, 3.8) is 0 Å². The summed E-state index contributed by atoms with van der Waals surface area (Å²) >= 11 is 0. The summed E-state index contributed by atoms with van der Waals surface area (Å²) in [6, 6.07) is 0. The summed E-state index contributed by atoms with van der Waals surface area (Å²) in [5, 5.41) is 0. The van der Waals surface area contributed by atoms with Crippen molar-refractivity contribution in [2.24, 2.45) is 0 Å². The van der Waals surface area contributed by atoms with Crippen LogP contribution in [-0.2, 0) is 12.8 Å². The van der Waals surface area contributed by atoms with Crippen LogP contribution in [0.4, 0.5) is 0 Å². The van der Waals surface area contributed by atoms with Gasteiger partial charge in [0.1, 0.15) is 5.76 Å². The fourth-order valence-electron chi connectivity index (χ4n) is 1.46. The minimum absolute atomic E-state index is 0.431. The summed E-state index contributed by atoms with van der Waals surface area (Å²) in [6.45, 7) is 4.22. The summed E-state index contributed by atoms with van der Waals surface area (Å²) in [5.74, 6) is 2.48. The molecule has 60 valence electrons. The van der Waals surface area contributed by atoms with E-state index in [2.05, 4.69) is 18.8 Å². The molecule has 0 amide bonds. The Balaban J connectivity index is 2.34. The third-order valence-corrected chi connectivity index (χ3v) is 2.11. The van der Waals surface area contributed by atoms with Crippen molar-refractivity contribution in [1.29, 1.82) is 0 Å². The van der Waals surface area contributed by atoms with Gasteiger partial charge in [0.2, 0.25) is 0 Å². The van der Waals surface area contributed by atoms with E-state index < -0.39 is 0 Å². The molecule has 0 bridgehead atoms. The first-order chi connectivity index (χ1) is 5.27. The van der Waals surface area contributed by atoms with Crippen molar-refractivity contribution in [2.45, 2.75) is 39.0 Å². The molecule has 0 unspecified atom stereocenters. The molecule has 1 aromatic heterocycles. The van der Waals surface area contributed by atoms with Crippen LogP contribution in [-0.4, -0.2) is 4.98 Å². The van der Waals surface area contributed by atoms with Crippen LogP contribution in [0.1, 0.15) is 43.5 Å². The molecule has 0 fully saturated rings. The van der Waals surface area contributed by atoms with E-state index >= 15 is 0 Å². The number of hydrogen-bond acceptors (Lipinski definition) is 2. The van der Waals surface area contributed by atoms with Crippen molar-refractivity contribution in [3.8, 4) is 0 Å². The third-order valence-electron chi connectivity index (χ3n) is 2.11. The second-order valence-corrected chi connectivity index (χ2v) is 3.43. The number of rotatable bonds is 1. The van der Waals surface area contributed by atoms with Crippen molar-refractivity contribution in [3.05, 3.63) is 17.3 Å². The first-order valence-electron chi connectivity index (χ1n) is 4.26. The largest absolute Gasteiger partial charge is 0.445 e. The van der Waals surface area contributed by atoms with Crippen molar-refractivity contribution in [1.82, 2.24) is 4.98 Å². The van der Waals surface area contributed by atoms with Crippen LogP contribution < -0.4 is 0 Å². The molecule has 1 aliphatic rings. The third kappa shape index (κ3) is 1.06. The summed E-state index contributed by atoms with van der Waals surface area (Å²) in [7, 11) is 0. The van der Waals surface area contributed by atoms with E-state index in [0.29, 0.717) is 5.92 Å². The van der Waals surface area contributed by atoms with E-state index in [1.54, 1.807) is 0 Å². The van der Waals surface area contributed by atoms with Crippen LogP contribution in [0.5, 0.6) is 0 Å². The molecule has 0 N–H and O–H groups in total. The van der Waals surface area contributed by atoms with Gasteiger partial charge in [-0.05, 0) is 12.8 Å². The van der Waals surface area contributed by atoms with Gasteiger partial charge in [0.05, 0.1) is 5.69 Å². The SMILES string of the molecule is CC(C)c1nc2c(o1)CCC2. The van der Waals surface area contributed by atoms with Gasteiger partial charge in [0.15, 0.2) is 5.89 Å². The molecule has 0 aromatic carbocycles.